The van der Waals surface area contributed by atoms with E-state index >= 15 is 0 Å². The number of carbonyl (C=O) groups excluding carboxylic acids is 1. The number of hydrogen-bond donors (Lipinski definition) is 1. The second-order valence-electron chi connectivity index (χ2n) is 4.83. The maximum atomic E-state index is 10.3. The molecule has 1 amide bonds. The second-order valence-corrected chi connectivity index (χ2v) is 4.83. The van der Waals surface area contributed by atoms with Crippen LogP contribution in [0.5, 0.6) is 0 Å². The van der Waals surface area contributed by atoms with E-state index < -0.39 is 0 Å². The first-order chi connectivity index (χ1) is 6.35. The van der Waals surface area contributed by atoms with E-state index in [-0.39, 0.29) is 5.60 Å². The van der Waals surface area contributed by atoms with Gasteiger partial charge in [0, 0.05) is 6.42 Å². The summed E-state index contributed by atoms with van der Waals surface area (Å²) in [6.07, 6.45) is 3.14. The van der Waals surface area contributed by atoms with Crippen LogP contribution in [0.1, 0.15) is 47.5 Å². The molecule has 14 heavy (non-hydrogen) atoms. The number of ether oxygens (including phenoxy) is 1. The van der Waals surface area contributed by atoms with Gasteiger partial charge in [0.05, 0.1) is 5.60 Å². The van der Waals surface area contributed by atoms with Gasteiger partial charge in [-0.2, -0.15) is 0 Å². The third-order valence-corrected chi connectivity index (χ3v) is 1.60. The Bertz CT molecular complexity index is 161. The predicted molar refractivity (Wildman–Crippen MR) is 57.4 cm³/mol. The summed E-state index contributed by atoms with van der Waals surface area (Å²) < 4.78 is 5.60. The van der Waals surface area contributed by atoms with E-state index in [1.807, 2.05) is 20.8 Å². The molecule has 3 nitrogen and oxygen atoms in total. The van der Waals surface area contributed by atoms with Gasteiger partial charge in [0.15, 0.2) is 6.23 Å². The van der Waals surface area contributed by atoms with Crippen molar-refractivity contribution in [3.05, 3.63) is 6.23 Å². The topological polar surface area (TPSA) is 38.3 Å². The number of nitrogens with one attached hydrogen (secondary N) is 1. The third-order valence-electron chi connectivity index (χ3n) is 1.60. The number of rotatable bonds is 6. The Hall–Kier alpha value is -0.570. The SMILES string of the molecule is CC(C)CC[C](NC=O)OC(C)(C)C. The fourth-order valence-electron chi connectivity index (χ4n) is 1.01. The summed E-state index contributed by atoms with van der Waals surface area (Å²) in [6, 6.07) is 0. The summed E-state index contributed by atoms with van der Waals surface area (Å²) in [7, 11) is 0. The molecule has 0 aliphatic carbocycles. The highest BCUT2D eigenvalue weighted by Crippen LogP contribution is 2.19. The van der Waals surface area contributed by atoms with Crippen molar-refractivity contribution in [3.8, 4) is 0 Å². The van der Waals surface area contributed by atoms with Crippen LogP contribution < -0.4 is 5.32 Å². The molecular weight excluding hydrogens is 178 g/mol. The Balaban J connectivity index is 3.95. The Morgan fingerprint density at radius 1 is 1.43 bits per heavy atom. The van der Waals surface area contributed by atoms with Crippen molar-refractivity contribution in [2.24, 2.45) is 5.92 Å². The van der Waals surface area contributed by atoms with E-state index in [2.05, 4.69) is 19.2 Å². The van der Waals surface area contributed by atoms with Gasteiger partial charge in [-0.05, 0) is 33.1 Å². The molecule has 0 aliphatic rings. The number of carbonyl (C=O) groups is 1. The molecule has 0 bridgehead atoms. The van der Waals surface area contributed by atoms with Crippen molar-refractivity contribution >= 4 is 6.41 Å². The predicted octanol–water partition coefficient (Wildman–Crippen LogP) is 2.47. The van der Waals surface area contributed by atoms with Gasteiger partial charge in [-0.3, -0.25) is 4.79 Å². The molecule has 3 heteroatoms. The number of amides is 1. The molecule has 0 aliphatic heterocycles. The minimum Gasteiger partial charge on any atom is -0.345 e. The Kier molecular flexibility index (Phi) is 5.77. The van der Waals surface area contributed by atoms with Gasteiger partial charge in [-0.25, -0.2) is 0 Å². The summed E-state index contributed by atoms with van der Waals surface area (Å²) >= 11 is 0. The van der Waals surface area contributed by atoms with Crippen molar-refractivity contribution in [3.63, 3.8) is 0 Å². The summed E-state index contributed by atoms with van der Waals surface area (Å²) in [5.74, 6) is 0.613. The minimum absolute atomic E-state index is 0.248. The third kappa shape index (κ3) is 8.05. The first kappa shape index (κ1) is 13.4. The van der Waals surface area contributed by atoms with Crippen LogP contribution in [0.3, 0.4) is 0 Å². The van der Waals surface area contributed by atoms with Crippen LogP contribution in [0.15, 0.2) is 0 Å². The van der Waals surface area contributed by atoms with Gasteiger partial charge >= 0.3 is 0 Å². The zero-order valence-electron chi connectivity index (χ0n) is 9.89. The van der Waals surface area contributed by atoms with Crippen molar-refractivity contribution in [2.75, 3.05) is 0 Å². The molecule has 0 unspecified atom stereocenters. The van der Waals surface area contributed by atoms with Crippen molar-refractivity contribution in [1.29, 1.82) is 0 Å². The van der Waals surface area contributed by atoms with Gasteiger partial charge in [-0.15, -0.1) is 0 Å². The fourth-order valence-corrected chi connectivity index (χ4v) is 1.01. The Labute approximate surface area is 87.2 Å². The van der Waals surface area contributed by atoms with Crippen LogP contribution in [0.25, 0.3) is 0 Å². The Morgan fingerprint density at radius 2 is 2.00 bits per heavy atom. The molecule has 1 radical (unpaired) electrons. The smallest absolute Gasteiger partial charge is 0.209 e. The van der Waals surface area contributed by atoms with Crippen molar-refractivity contribution in [1.82, 2.24) is 5.32 Å². The quantitative estimate of drug-likeness (QED) is 0.669. The average Bonchev–Trinajstić information content (AvgIpc) is 1.98. The second kappa shape index (κ2) is 6.02. The molecule has 0 fully saturated rings. The summed E-state index contributed by atoms with van der Waals surface area (Å²) in [6.45, 7) is 10.2. The lowest BCUT2D eigenvalue weighted by Crippen LogP contribution is -2.31. The lowest BCUT2D eigenvalue weighted by molar-refractivity contribution is -0.112. The highest BCUT2D eigenvalue weighted by Gasteiger charge is 2.19. The molecule has 0 aromatic carbocycles. The molecule has 0 heterocycles. The highest BCUT2D eigenvalue weighted by molar-refractivity contribution is 5.47. The zero-order chi connectivity index (χ0) is 11.2. The highest BCUT2D eigenvalue weighted by atomic mass is 16.5. The molecule has 0 spiro atoms. The van der Waals surface area contributed by atoms with E-state index in [0.717, 1.165) is 12.8 Å². The molecule has 0 atom stereocenters. The first-order valence-electron chi connectivity index (χ1n) is 5.10. The van der Waals surface area contributed by atoms with E-state index in [1.165, 1.54) is 0 Å². The lowest BCUT2D eigenvalue weighted by atomic mass is 10.1. The summed E-state index contributed by atoms with van der Waals surface area (Å²) in [5, 5.41) is 2.61. The van der Waals surface area contributed by atoms with Crippen LogP contribution >= 0.6 is 0 Å². The van der Waals surface area contributed by atoms with E-state index in [1.54, 1.807) is 0 Å². The normalized spacial score (nSPS) is 12.2. The Morgan fingerprint density at radius 3 is 2.36 bits per heavy atom. The molecule has 0 saturated carbocycles. The van der Waals surface area contributed by atoms with Crippen LogP contribution in [0.4, 0.5) is 0 Å². The van der Waals surface area contributed by atoms with Gasteiger partial charge < -0.3 is 10.1 Å². The van der Waals surface area contributed by atoms with Gasteiger partial charge in [0.1, 0.15) is 0 Å². The maximum absolute atomic E-state index is 10.3. The molecule has 1 N–H and O–H groups in total. The van der Waals surface area contributed by atoms with Gasteiger partial charge in [-0.1, -0.05) is 13.8 Å². The zero-order valence-corrected chi connectivity index (χ0v) is 9.89. The summed E-state index contributed by atoms with van der Waals surface area (Å²) in [4.78, 5) is 10.3. The summed E-state index contributed by atoms with van der Waals surface area (Å²) in [5.41, 5.74) is -0.248. The fraction of sp³-hybridized carbons (Fsp3) is 0.818. The van der Waals surface area contributed by atoms with Crippen molar-refractivity contribution < 1.29 is 9.53 Å². The van der Waals surface area contributed by atoms with E-state index in [9.17, 15) is 4.79 Å². The molecule has 0 saturated heterocycles. The molecular formula is C11H22NO2. The van der Waals surface area contributed by atoms with Crippen LogP contribution in [0, 0.1) is 12.1 Å². The largest absolute Gasteiger partial charge is 0.345 e. The van der Waals surface area contributed by atoms with Crippen LogP contribution in [-0.2, 0) is 9.53 Å². The van der Waals surface area contributed by atoms with Gasteiger partial charge in [0.2, 0.25) is 6.41 Å². The van der Waals surface area contributed by atoms with Crippen molar-refractivity contribution in [2.45, 2.75) is 53.1 Å². The van der Waals surface area contributed by atoms with E-state index in [4.69, 9.17) is 4.74 Å². The molecule has 0 rings (SSSR count). The molecule has 0 aromatic heterocycles. The van der Waals surface area contributed by atoms with E-state index in [0.29, 0.717) is 18.6 Å². The first-order valence-corrected chi connectivity index (χ1v) is 5.10. The standard InChI is InChI=1S/C11H22NO2/c1-9(2)6-7-10(12-8-13)14-11(3,4)5/h8-9H,6-7H2,1-5H3,(H,12,13). The lowest BCUT2D eigenvalue weighted by Gasteiger charge is -2.26. The molecule has 0 aromatic rings. The maximum Gasteiger partial charge on any atom is 0.209 e. The monoisotopic (exact) mass is 200 g/mol. The average molecular weight is 200 g/mol. The van der Waals surface area contributed by atoms with Crippen LogP contribution in [-0.4, -0.2) is 12.0 Å². The van der Waals surface area contributed by atoms with Crippen LogP contribution in [0.2, 0.25) is 0 Å². The minimum atomic E-state index is -0.248. The molecule has 83 valence electrons. The van der Waals surface area contributed by atoms with Gasteiger partial charge in [0.25, 0.3) is 0 Å². The number of hydrogen-bond acceptors (Lipinski definition) is 2.